The van der Waals surface area contributed by atoms with Crippen LogP contribution in [0.15, 0.2) is 54.9 Å². The highest BCUT2D eigenvalue weighted by Crippen LogP contribution is 2.27. The number of nitrogens with one attached hydrogen (secondary N) is 1. The Morgan fingerprint density at radius 3 is 2.54 bits per heavy atom. The van der Waals surface area contributed by atoms with Crippen molar-refractivity contribution in [2.75, 3.05) is 13.1 Å². The molecule has 1 atom stereocenters. The SMILES string of the molecule is O=C(NC1CCCN(C2Cc3ccccc3C2)C1)c1ccc2nccnc2c1. The van der Waals surface area contributed by atoms with Crippen LogP contribution in [0.5, 0.6) is 0 Å². The van der Waals surface area contributed by atoms with Crippen molar-refractivity contribution in [3.63, 3.8) is 0 Å². The molecule has 1 aromatic heterocycles. The molecule has 5 nitrogen and oxygen atoms in total. The number of hydrogen-bond acceptors (Lipinski definition) is 4. The smallest absolute Gasteiger partial charge is 0.251 e. The minimum Gasteiger partial charge on any atom is -0.348 e. The van der Waals surface area contributed by atoms with Gasteiger partial charge < -0.3 is 5.32 Å². The topological polar surface area (TPSA) is 58.1 Å². The van der Waals surface area contributed by atoms with E-state index in [1.165, 1.54) is 11.1 Å². The molecule has 1 aliphatic heterocycles. The summed E-state index contributed by atoms with van der Waals surface area (Å²) in [6.07, 6.45) is 7.74. The number of carbonyl (C=O) groups excluding carboxylic acids is 1. The molecule has 1 amide bonds. The van der Waals surface area contributed by atoms with Gasteiger partial charge in [0.1, 0.15) is 0 Å². The molecule has 0 radical (unpaired) electrons. The van der Waals surface area contributed by atoms with Crippen LogP contribution >= 0.6 is 0 Å². The van der Waals surface area contributed by atoms with Crippen LogP contribution in [0, 0.1) is 0 Å². The monoisotopic (exact) mass is 372 g/mol. The fourth-order valence-electron chi connectivity index (χ4n) is 4.62. The van der Waals surface area contributed by atoms with E-state index in [2.05, 4.69) is 44.5 Å². The second-order valence-corrected chi connectivity index (χ2v) is 7.90. The van der Waals surface area contributed by atoms with Gasteiger partial charge in [-0.2, -0.15) is 0 Å². The molecule has 2 heterocycles. The van der Waals surface area contributed by atoms with Crippen molar-refractivity contribution < 1.29 is 4.79 Å². The number of carbonyl (C=O) groups is 1. The van der Waals surface area contributed by atoms with Gasteiger partial charge in [0.15, 0.2) is 0 Å². The second kappa shape index (κ2) is 7.32. The minimum atomic E-state index is -0.0193. The summed E-state index contributed by atoms with van der Waals surface area (Å²) >= 11 is 0. The Morgan fingerprint density at radius 1 is 1.00 bits per heavy atom. The van der Waals surface area contributed by atoms with Gasteiger partial charge in [-0.15, -0.1) is 0 Å². The number of amides is 1. The van der Waals surface area contributed by atoms with Crippen LogP contribution in [0.1, 0.15) is 34.3 Å². The molecular formula is C23H24N4O. The Hall–Kier alpha value is -2.79. The number of benzene rings is 2. The molecule has 0 bridgehead atoms. The van der Waals surface area contributed by atoms with Crippen molar-refractivity contribution in [2.45, 2.75) is 37.8 Å². The lowest BCUT2D eigenvalue weighted by Crippen LogP contribution is -2.51. The van der Waals surface area contributed by atoms with Crippen LogP contribution in [0.4, 0.5) is 0 Å². The van der Waals surface area contributed by atoms with Crippen LogP contribution in [-0.4, -0.2) is 45.9 Å². The van der Waals surface area contributed by atoms with E-state index >= 15 is 0 Å². The van der Waals surface area contributed by atoms with E-state index < -0.39 is 0 Å². The molecule has 28 heavy (non-hydrogen) atoms. The van der Waals surface area contributed by atoms with E-state index in [-0.39, 0.29) is 11.9 Å². The summed E-state index contributed by atoms with van der Waals surface area (Å²) in [5.74, 6) is -0.0193. The standard InChI is InChI=1S/C23H24N4O/c28-23(18-7-8-21-22(14-18)25-10-9-24-21)26-19-6-3-11-27(15-19)20-12-16-4-1-2-5-17(16)13-20/h1-2,4-5,7-10,14,19-20H,3,6,11-13,15H2,(H,26,28). The van der Waals surface area contributed by atoms with Gasteiger partial charge in [-0.25, -0.2) is 0 Å². The van der Waals surface area contributed by atoms with Crippen LogP contribution in [-0.2, 0) is 12.8 Å². The zero-order chi connectivity index (χ0) is 18.9. The van der Waals surface area contributed by atoms with Crippen molar-refractivity contribution in [2.24, 2.45) is 0 Å². The van der Waals surface area contributed by atoms with Gasteiger partial charge in [0.05, 0.1) is 11.0 Å². The number of nitrogens with zero attached hydrogens (tertiary/aromatic N) is 3. The summed E-state index contributed by atoms with van der Waals surface area (Å²) in [5, 5.41) is 3.25. The van der Waals surface area contributed by atoms with Gasteiger partial charge in [0.2, 0.25) is 0 Å². The van der Waals surface area contributed by atoms with Crippen LogP contribution in [0.2, 0.25) is 0 Å². The maximum Gasteiger partial charge on any atom is 0.251 e. The third-order valence-electron chi connectivity index (χ3n) is 6.07. The Bertz CT molecular complexity index is 993. The molecule has 0 spiro atoms. The van der Waals surface area contributed by atoms with Gasteiger partial charge in [0, 0.05) is 36.6 Å². The lowest BCUT2D eigenvalue weighted by molar-refractivity contribution is 0.0876. The molecule has 1 fully saturated rings. The normalized spacial score (nSPS) is 20.2. The van der Waals surface area contributed by atoms with Gasteiger partial charge in [0.25, 0.3) is 5.91 Å². The quantitative estimate of drug-likeness (QED) is 0.768. The molecular weight excluding hydrogens is 348 g/mol. The fourth-order valence-corrected chi connectivity index (χ4v) is 4.62. The van der Waals surface area contributed by atoms with E-state index in [0.29, 0.717) is 11.6 Å². The summed E-state index contributed by atoms with van der Waals surface area (Å²) in [6, 6.07) is 15.0. The van der Waals surface area contributed by atoms with Crippen molar-refractivity contribution in [1.82, 2.24) is 20.2 Å². The zero-order valence-electron chi connectivity index (χ0n) is 15.8. The van der Waals surface area contributed by atoms with E-state index in [9.17, 15) is 4.79 Å². The molecule has 2 aliphatic rings. The number of rotatable bonds is 3. The first-order valence-electron chi connectivity index (χ1n) is 10.1. The first kappa shape index (κ1) is 17.3. The van der Waals surface area contributed by atoms with Gasteiger partial charge in [-0.05, 0) is 61.6 Å². The first-order chi connectivity index (χ1) is 13.8. The Balaban J connectivity index is 1.25. The number of aromatic nitrogens is 2. The predicted molar refractivity (Wildman–Crippen MR) is 109 cm³/mol. The van der Waals surface area contributed by atoms with Crippen molar-refractivity contribution in [1.29, 1.82) is 0 Å². The lowest BCUT2D eigenvalue weighted by atomic mass is 10.0. The van der Waals surface area contributed by atoms with E-state index in [1.54, 1.807) is 12.4 Å². The highest BCUT2D eigenvalue weighted by Gasteiger charge is 2.30. The Morgan fingerprint density at radius 2 is 1.75 bits per heavy atom. The maximum absolute atomic E-state index is 12.8. The molecule has 1 aliphatic carbocycles. The molecule has 5 heteroatoms. The molecule has 1 N–H and O–H groups in total. The zero-order valence-corrected chi connectivity index (χ0v) is 15.8. The third-order valence-corrected chi connectivity index (χ3v) is 6.07. The molecule has 1 saturated heterocycles. The van der Waals surface area contributed by atoms with Crippen molar-refractivity contribution in [3.05, 3.63) is 71.5 Å². The molecule has 1 unspecified atom stereocenters. The van der Waals surface area contributed by atoms with E-state index in [0.717, 1.165) is 49.8 Å². The van der Waals surface area contributed by atoms with Gasteiger partial charge >= 0.3 is 0 Å². The third kappa shape index (κ3) is 3.38. The minimum absolute atomic E-state index is 0.0193. The van der Waals surface area contributed by atoms with Crippen molar-refractivity contribution >= 4 is 16.9 Å². The lowest BCUT2D eigenvalue weighted by Gasteiger charge is -2.37. The maximum atomic E-state index is 12.8. The average molecular weight is 372 g/mol. The van der Waals surface area contributed by atoms with E-state index in [4.69, 9.17) is 0 Å². The summed E-state index contributed by atoms with van der Waals surface area (Å²) in [4.78, 5) is 23.9. The Kier molecular flexibility index (Phi) is 4.53. The van der Waals surface area contributed by atoms with Gasteiger partial charge in [-0.1, -0.05) is 24.3 Å². The summed E-state index contributed by atoms with van der Waals surface area (Å²) in [5.41, 5.74) is 5.18. The van der Waals surface area contributed by atoms with Crippen LogP contribution < -0.4 is 5.32 Å². The number of piperidine rings is 1. The van der Waals surface area contributed by atoms with Crippen molar-refractivity contribution in [3.8, 4) is 0 Å². The highest BCUT2D eigenvalue weighted by atomic mass is 16.1. The molecule has 2 aromatic carbocycles. The number of hydrogen-bond donors (Lipinski definition) is 1. The van der Waals surface area contributed by atoms with Crippen LogP contribution in [0.25, 0.3) is 11.0 Å². The van der Waals surface area contributed by atoms with E-state index in [1.807, 2.05) is 18.2 Å². The summed E-state index contributed by atoms with van der Waals surface area (Å²) in [7, 11) is 0. The molecule has 3 aromatic rings. The fraction of sp³-hybridized carbons (Fsp3) is 0.348. The highest BCUT2D eigenvalue weighted by molar-refractivity contribution is 5.97. The largest absolute Gasteiger partial charge is 0.348 e. The van der Waals surface area contributed by atoms with Gasteiger partial charge in [-0.3, -0.25) is 19.7 Å². The average Bonchev–Trinajstić information content (AvgIpc) is 3.18. The number of likely N-dealkylation sites (tertiary alicyclic amines) is 1. The van der Waals surface area contributed by atoms with Crippen LogP contribution in [0.3, 0.4) is 0 Å². The summed E-state index contributed by atoms with van der Waals surface area (Å²) in [6.45, 7) is 2.05. The molecule has 142 valence electrons. The Labute approximate surface area is 164 Å². The first-order valence-corrected chi connectivity index (χ1v) is 10.1. The summed E-state index contributed by atoms with van der Waals surface area (Å²) < 4.78 is 0. The molecule has 5 rings (SSSR count). The second-order valence-electron chi connectivity index (χ2n) is 7.90. The predicted octanol–water partition coefficient (Wildman–Crippen LogP) is 2.99. The molecule has 0 saturated carbocycles. The number of fused-ring (bicyclic) bond motifs is 2.